The minimum absolute atomic E-state index is 0.857. The highest BCUT2D eigenvalue weighted by molar-refractivity contribution is 5.88. The Morgan fingerprint density at radius 2 is 1.02 bits per heavy atom. The second-order valence-corrected chi connectivity index (χ2v) is 12.1. The molecule has 0 radical (unpaired) electrons. The first kappa shape index (κ1) is 31.4. The number of aromatic nitrogens is 4. The maximum absolute atomic E-state index is 11.5. The van der Waals surface area contributed by atoms with Gasteiger partial charge in [-0.25, -0.2) is 9.97 Å². The molecule has 0 atom stereocenters. The van der Waals surface area contributed by atoms with Crippen LogP contribution in [0.25, 0.3) is 52.4 Å². The molecule has 0 unspecified atom stereocenters. The number of aromatic amines is 2. The van der Waals surface area contributed by atoms with Crippen LogP contribution in [0.5, 0.6) is 0 Å². The normalized spacial score (nSPS) is 12.5. The van der Waals surface area contributed by atoms with E-state index in [0.29, 0.717) is 0 Å². The number of aldehydes is 1. The first-order valence-electron chi connectivity index (χ1n) is 16.9. The van der Waals surface area contributed by atoms with Crippen molar-refractivity contribution in [2.45, 2.75) is 105 Å². The standard InChI is InChI=1S/C39H48N4O/c1-5-9-15-28-32-19-20-33(40-32)29(16-10-6-2)35-23-24-37(42-35)31(18-12-8-4)39-27(14-13-25-44)26-38(43-39)30(17-11-7-3)36-22-21-34(28)41-36/h13-14,19-26,40,43H,5-12,15-18H2,1-4H3. The van der Waals surface area contributed by atoms with Gasteiger partial charge in [-0.05, 0) is 106 Å². The Balaban J connectivity index is 1.96. The fraction of sp³-hybridized carbons (Fsp3) is 0.410. The minimum atomic E-state index is 0.857. The van der Waals surface area contributed by atoms with Crippen molar-refractivity contribution in [3.05, 3.63) is 74.9 Å². The van der Waals surface area contributed by atoms with Gasteiger partial charge in [0.05, 0.1) is 28.3 Å². The predicted octanol–water partition coefficient (Wildman–Crippen LogP) is 10.2. The second-order valence-electron chi connectivity index (χ2n) is 12.1. The number of unbranched alkanes of at least 4 members (excludes halogenated alkanes) is 4. The van der Waals surface area contributed by atoms with Gasteiger partial charge in [0, 0.05) is 44.4 Å². The fourth-order valence-corrected chi connectivity index (χ4v) is 6.30. The summed E-state index contributed by atoms with van der Waals surface area (Å²) in [6, 6.07) is 6.69. The lowest BCUT2D eigenvalue weighted by atomic mass is 10.0. The van der Waals surface area contributed by atoms with Crippen molar-refractivity contribution in [1.29, 1.82) is 0 Å². The number of allylic oxidation sites excluding steroid dienone is 1. The topological polar surface area (TPSA) is 74.4 Å². The first-order valence-corrected chi connectivity index (χ1v) is 16.9. The molecule has 2 aliphatic heterocycles. The predicted molar refractivity (Wildman–Crippen MR) is 188 cm³/mol. The zero-order valence-corrected chi connectivity index (χ0v) is 27.1. The van der Waals surface area contributed by atoms with Crippen LogP contribution in [-0.4, -0.2) is 26.2 Å². The molecule has 3 aromatic rings. The van der Waals surface area contributed by atoms with E-state index in [1.54, 1.807) is 6.08 Å². The highest BCUT2D eigenvalue weighted by Crippen LogP contribution is 2.31. The molecule has 3 aromatic heterocycles. The number of rotatable bonds is 14. The molecular weight excluding hydrogens is 540 g/mol. The van der Waals surface area contributed by atoms with Crippen LogP contribution in [0.3, 0.4) is 0 Å². The number of nitrogens with one attached hydrogen (secondary N) is 2. The molecule has 0 aliphatic carbocycles. The van der Waals surface area contributed by atoms with Crippen molar-refractivity contribution in [2.75, 3.05) is 0 Å². The molecule has 0 saturated heterocycles. The molecule has 0 fully saturated rings. The van der Waals surface area contributed by atoms with Crippen molar-refractivity contribution in [3.8, 4) is 0 Å². The molecule has 0 aromatic carbocycles. The minimum Gasteiger partial charge on any atom is -0.355 e. The van der Waals surface area contributed by atoms with Gasteiger partial charge >= 0.3 is 0 Å². The van der Waals surface area contributed by atoms with Crippen molar-refractivity contribution in [1.82, 2.24) is 19.9 Å². The third kappa shape index (κ3) is 6.88. The van der Waals surface area contributed by atoms with Crippen LogP contribution in [0.2, 0.25) is 0 Å². The highest BCUT2D eigenvalue weighted by Gasteiger charge is 2.17. The summed E-state index contributed by atoms with van der Waals surface area (Å²) in [4.78, 5) is 29.7. The number of carbonyl (C=O) groups excluding carboxylic acids is 1. The monoisotopic (exact) mass is 588 g/mol. The summed E-state index contributed by atoms with van der Waals surface area (Å²) in [6.07, 6.45) is 25.8. The summed E-state index contributed by atoms with van der Waals surface area (Å²) in [7, 11) is 0. The van der Waals surface area contributed by atoms with Crippen LogP contribution in [0.15, 0.2) is 24.3 Å². The number of H-pyrrole nitrogens is 2. The van der Waals surface area contributed by atoms with E-state index in [2.05, 4.69) is 80.2 Å². The number of hydrogen-bond donors (Lipinski definition) is 2. The number of carbonyl (C=O) groups is 1. The molecule has 2 aliphatic rings. The zero-order chi connectivity index (χ0) is 30.9. The van der Waals surface area contributed by atoms with Crippen LogP contribution in [0.4, 0.5) is 0 Å². The van der Waals surface area contributed by atoms with Gasteiger partial charge in [0.25, 0.3) is 0 Å². The van der Waals surface area contributed by atoms with Crippen molar-refractivity contribution >= 4 is 58.7 Å². The molecule has 5 heteroatoms. The second kappa shape index (κ2) is 15.1. The lowest BCUT2D eigenvalue weighted by molar-refractivity contribution is -0.104. The Bertz CT molecular complexity index is 1730. The van der Waals surface area contributed by atoms with Gasteiger partial charge in [0.2, 0.25) is 0 Å². The van der Waals surface area contributed by atoms with Crippen LogP contribution in [0, 0.1) is 0 Å². The van der Waals surface area contributed by atoms with Gasteiger partial charge in [0.1, 0.15) is 6.29 Å². The van der Waals surface area contributed by atoms with E-state index in [0.717, 1.165) is 134 Å². The molecule has 2 N–H and O–H groups in total. The van der Waals surface area contributed by atoms with Crippen molar-refractivity contribution in [3.63, 3.8) is 0 Å². The Morgan fingerprint density at radius 1 is 0.591 bits per heavy atom. The van der Waals surface area contributed by atoms with E-state index in [4.69, 9.17) is 9.97 Å². The molecule has 0 amide bonds. The summed E-state index contributed by atoms with van der Waals surface area (Å²) in [5.74, 6) is 0. The van der Waals surface area contributed by atoms with Crippen LogP contribution >= 0.6 is 0 Å². The Morgan fingerprint density at radius 3 is 1.48 bits per heavy atom. The number of aryl methyl sites for hydroxylation is 4. The molecule has 0 spiro atoms. The van der Waals surface area contributed by atoms with Crippen LogP contribution < -0.4 is 0 Å². The Hall–Kier alpha value is -3.99. The summed E-state index contributed by atoms with van der Waals surface area (Å²) >= 11 is 0. The average molecular weight is 589 g/mol. The summed E-state index contributed by atoms with van der Waals surface area (Å²) in [5, 5.41) is 0. The Labute approximate surface area is 262 Å². The molecule has 5 heterocycles. The zero-order valence-electron chi connectivity index (χ0n) is 27.1. The lowest BCUT2D eigenvalue weighted by Gasteiger charge is -2.06. The maximum atomic E-state index is 11.5. The van der Waals surface area contributed by atoms with E-state index < -0.39 is 0 Å². The van der Waals surface area contributed by atoms with Crippen LogP contribution in [-0.2, 0) is 30.5 Å². The van der Waals surface area contributed by atoms with E-state index in [-0.39, 0.29) is 0 Å². The lowest BCUT2D eigenvalue weighted by Crippen LogP contribution is -1.95. The summed E-state index contributed by atoms with van der Waals surface area (Å²) in [5.41, 5.74) is 14.5. The molecule has 230 valence electrons. The van der Waals surface area contributed by atoms with Gasteiger partial charge in [-0.3, -0.25) is 4.79 Å². The van der Waals surface area contributed by atoms with Crippen molar-refractivity contribution in [2.24, 2.45) is 0 Å². The highest BCUT2D eigenvalue weighted by atomic mass is 16.1. The molecule has 8 bridgehead atoms. The van der Waals surface area contributed by atoms with E-state index >= 15 is 0 Å². The van der Waals surface area contributed by atoms with Gasteiger partial charge in [-0.15, -0.1) is 0 Å². The Kier molecular flexibility index (Phi) is 10.8. The molecule has 44 heavy (non-hydrogen) atoms. The SMILES string of the molecule is CCCCc1c2nc(c(CCCC)c3cc(C=CC=O)c([nH]3)c(CCCC)c3nc(c(CCCC)c4ccc1[nH]4)C=C3)C=C2. The fourth-order valence-electron chi connectivity index (χ4n) is 6.30. The largest absolute Gasteiger partial charge is 0.355 e. The molecule has 5 rings (SSSR count). The van der Waals surface area contributed by atoms with Gasteiger partial charge in [-0.2, -0.15) is 0 Å². The number of nitrogens with zero attached hydrogens (tertiary/aromatic N) is 2. The van der Waals surface area contributed by atoms with Gasteiger partial charge in [-0.1, -0.05) is 53.4 Å². The van der Waals surface area contributed by atoms with Gasteiger partial charge < -0.3 is 9.97 Å². The van der Waals surface area contributed by atoms with E-state index in [9.17, 15) is 4.79 Å². The third-order valence-corrected chi connectivity index (χ3v) is 8.80. The molecular formula is C39H48N4O. The quantitative estimate of drug-likeness (QED) is 0.100. The summed E-state index contributed by atoms with van der Waals surface area (Å²) in [6.45, 7) is 8.96. The molecule has 5 nitrogen and oxygen atoms in total. The maximum Gasteiger partial charge on any atom is 0.142 e. The smallest absolute Gasteiger partial charge is 0.142 e. The van der Waals surface area contributed by atoms with Crippen molar-refractivity contribution < 1.29 is 4.79 Å². The average Bonchev–Trinajstić information content (AvgIpc) is 3.85. The number of hydrogen-bond acceptors (Lipinski definition) is 3. The van der Waals surface area contributed by atoms with E-state index in [1.165, 1.54) is 22.3 Å². The summed E-state index contributed by atoms with van der Waals surface area (Å²) < 4.78 is 0. The molecule has 0 saturated carbocycles. The van der Waals surface area contributed by atoms with E-state index in [1.807, 2.05) is 6.08 Å². The first-order chi connectivity index (χ1) is 21.6. The third-order valence-electron chi connectivity index (χ3n) is 8.80. The van der Waals surface area contributed by atoms with Crippen LogP contribution in [0.1, 0.15) is 130 Å². The van der Waals surface area contributed by atoms with Gasteiger partial charge in [0.15, 0.2) is 0 Å². The number of fused-ring (bicyclic) bond motifs is 8.